The third-order valence-corrected chi connectivity index (χ3v) is 5.03. The van der Waals surface area contributed by atoms with E-state index in [1.165, 1.54) is 0 Å². The largest absolute Gasteiger partial charge is 0.444 e. The van der Waals surface area contributed by atoms with Gasteiger partial charge in [0.15, 0.2) is 0 Å². The number of carbonyl (C=O) groups is 2. The minimum absolute atomic E-state index is 0.100. The van der Waals surface area contributed by atoms with Gasteiger partial charge in [-0.05, 0) is 39.2 Å². The maximum atomic E-state index is 12.4. The molecule has 130 valence electrons. The summed E-state index contributed by atoms with van der Waals surface area (Å²) in [6, 6.07) is 9.97. The van der Waals surface area contributed by atoms with Crippen LogP contribution in [0.15, 0.2) is 30.3 Å². The number of rotatable bonds is 1. The first kappa shape index (κ1) is 16.8. The molecule has 0 unspecified atom stereocenters. The number of carbonyl (C=O) groups excluding carboxylic acids is 2. The summed E-state index contributed by atoms with van der Waals surface area (Å²) in [5.74, 6) is -0.0218. The van der Waals surface area contributed by atoms with Crippen LogP contribution in [0, 0.1) is 5.41 Å². The highest BCUT2D eigenvalue weighted by molar-refractivity contribution is 5.87. The molecule has 2 saturated heterocycles. The molecule has 0 aromatic heterocycles. The average Bonchev–Trinajstić information content (AvgIpc) is 2.83. The molecular weight excluding hydrogens is 304 g/mol. The Bertz CT molecular complexity index is 613. The number of likely N-dealkylation sites (tertiary alicyclic amines) is 1. The Morgan fingerprint density at radius 2 is 1.83 bits per heavy atom. The molecule has 0 aliphatic carbocycles. The third kappa shape index (κ3) is 3.25. The molecule has 0 bridgehead atoms. The van der Waals surface area contributed by atoms with Crippen LogP contribution in [-0.4, -0.2) is 42.1 Å². The number of nitrogens with zero attached hydrogens (tertiary/aromatic N) is 1. The van der Waals surface area contributed by atoms with Gasteiger partial charge in [-0.25, -0.2) is 4.79 Å². The Labute approximate surface area is 143 Å². The smallest absolute Gasteiger partial charge is 0.410 e. The summed E-state index contributed by atoms with van der Waals surface area (Å²) in [6.45, 7) is 7.58. The van der Waals surface area contributed by atoms with E-state index in [2.05, 4.69) is 5.32 Å². The Morgan fingerprint density at radius 1 is 1.21 bits per heavy atom. The topological polar surface area (TPSA) is 58.6 Å². The van der Waals surface area contributed by atoms with Crippen molar-refractivity contribution >= 4 is 12.0 Å². The van der Waals surface area contributed by atoms with E-state index in [9.17, 15) is 9.59 Å². The SMILES string of the molecule is CC(C)(C)OC(=O)N1CCC2(CC1)CNC(=O)[C@@H]2c1ccccc1. The second-order valence-corrected chi connectivity index (χ2v) is 7.89. The Kier molecular flexibility index (Phi) is 4.28. The number of hydrogen-bond acceptors (Lipinski definition) is 3. The molecule has 2 amide bonds. The molecule has 2 fully saturated rings. The first-order chi connectivity index (χ1) is 11.3. The third-order valence-electron chi connectivity index (χ3n) is 5.03. The zero-order chi connectivity index (χ0) is 17.4. The fourth-order valence-electron chi connectivity index (χ4n) is 3.82. The lowest BCUT2D eigenvalue weighted by Gasteiger charge is -2.41. The number of ether oxygens (including phenoxy) is 1. The van der Waals surface area contributed by atoms with Crippen molar-refractivity contribution < 1.29 is 14.3 Å². The van der Waals surface area contributed by atoms with Crippen molar-refractivity contribution in [3.05, 3.63) is 35.9 Å². The summed E-state index contributed by atoms with van der Waals surface area (Å²) < 4.78 is 5.47. The highest BCUT2D eigenvalue weighted by Crippen LogP contribution is 2.47. The second-order valence-electron chi connectivity index (χ2n) is 7.89. The lowest BCUT2D eigenvalue weighted by Crippen LogP contribution is -2.47. The van der Waals surface area contributed by atoms with Gasteiger partial charge in [0.05, 0.1) is 5.92 Å². The van der Waals surface area contributed by atoms with Gasteiger partial charge in [0.2, 0.25) is 5.91 Å². The average molecular weight is 330 g/mol. The minimum atomic E-state index is -0.482. The van der Waals surface area contributed by atoms with E-state index >= 15 is 0 Å². The zero-order valence-electron chi connectivity index (χ0n) is 14.7. The zero-order valence-corrected chi connectivity index (χ0v) is 14.7. The molecule has 3 rings (SSSR count). The normalized spacial score (nSPS) is 23.2. The maximum absolute atomic E-state index is 12.4. The summed E-state index contributed by atoms with van der Waals surface area (Å²) in [7, 11) is 0. The first-order valence-corrected chi connectivity index (χ1v) is 8.61. The van der Waals surface area contributed by atoms with Crippen LogP contribution in [0.25, 0.3) is 0 Å². The Balaban J connectivity index is 1.72. The van der Waals surface area contributed by atoms with Crippen LogP contribution in [-0.2, 0) is 9.53 Å². The summed E-state index contributed by atoms with van der Waals surface area (Å²) >= 11 is 0. The quantitative estimate of drug-likeness (QED) is 0.861. The number of benzene rings is 1. The fraction of sp³-hybridized carbons (Fsp3) is 0.579. The number of hydrogen-bond donors (Lipinski definition) is 1. The van der Waals surface area contributed by atoms with Crippen molar-refractivity contribution in [3.63, 3.8) is 0 Å². The van der Waals surface area contributed by atoms with E-state index in [0.717, 1.165) is 18.4 Å². The predicted octanol–water partition coefficient (Wildman–Crippen LogP) is 2.92. The molecule has 1 atom stereocenters. The minimum Gasteiger partial charge on any atom is -0.444 e. The molecule has 1 spiro atoms. The van der Waals surface area contributed by atoms with Gasteiger partial charge in [-0.2, -0.15) is 0 Å². The van der Waals surface area contributed by atoms with Crippen LogP contribution in [0.3, 0.4) is 0 Å². The van der Waals surface area contributed by atoms with Crippen molar-refractivity contribution in [2.45, 2.75) is 45.1 Å². The van der Waals surface area contributed by atoms with E-state index in [0.29, 0.717) is 19.6 Å². The van der Waals surface area contributed by atoms with E-state index in [1.54, 1.807) is 4.90 Å². The van der Waals surface area contributed by atoms with Crippen molar-refractivity contribution in [2.24, 2.45) is 5.41 Å². The monoisotopic (exact) mass is 330 g/mol. The fourth-order valence-corrected chi connectivity index (χ4v) is 3.82. The number of nitrogens with one attached hydrogen (secondary N) is 1. The first-order valence-electron chi connectivity index (χ1n) is 8.61. The lowest BCUT2D eigenvalue weighted by atomic mass is 9.68. The highest BCUT2D eigenvalue weighted by Gasteiger charge is 2.50. The van der Waals surface area contributed by atoms with Crippen LogP contribution in [0.5, 0.6) is 0 Å². The summed E-state index contributed by atoms with van der Waals surface area (Å²) in [6.07, 6.45) is 1.36. The summed E-state index contributed by atoms with van der Waals surface area (Å²) in [4.78, 5) is 26.5. The highest BCUT2D eigenvalue weighted by atomic mass is 16.6. The van der Waals surface area contributed by atoms with Gasteiger partial charge in [0.25, 0.3) is 0 Å². The summed E-state index contributed by atoms with van der Waals surface area (Å²) in [5.41, 5.74) is 0.485. The molecule has 5 heteroatoms. The Hall–Kier alpha value is -2.04. The van der Waals surface area contributed by atoms with E-state index in [1.807, 2.05) is 51.1 Å². The standard InChI is InChI=1S/C19H26N2O3/c1-18(2,3)24-17(23)21-11-9-19(10-12-21)13-20-16(22)15(19)14-7-5-4-6-8-14/h4-8,15H,9-13H2,1-3H3,(H,20,22)/t15-/m0/s1. The van der Waals surface area contributed by atoms with Gasteiger partial charge in [-0.15, -0.1) is 0 Å². The van der Waals surface area contributed by atoms with Crippen molar-refractivity contribution in [1.82, 2.24) is 10.2 Å². The predicted molar refractivity (Wildman–Crippen MR) is 91.7 cm³/mol. The Morgan fingerprint density at radius 3 is 2.42 bits per heavy atom. The number of piperidine rings is 1. The van der Waals surface area contributed by atoms with Gasteiger partial charge in [-0.1, -0.05) is 30.3 Å². The van der Waals surface area contributed by atoms with Gasteiger partial charge in [-0.3, -0.25) is 4.79 Å². The van der Waals surface area contributed by atoms with Crippen LogP contribution in [0.1, 0.15) is 45.1 Å². The maximum Gasteiger partial charge on any atom is 0.410 e. The van der Waals surface area contributed by atoms with Crippen LogP contribution < -0.4 is 5.32 Å². The second kappa shape index (κ2) is 6.11. The van der Waals surface area contributed by atoms with Gasteiger partial charge < -0.3 is 15.0 Å². The molecule has 5 nitrogen and oxygen atoms in total. The van der Waals surface area contributed by atoms with E-state index in [-0.39, 0.29) is 23.3 Å². The van der Waals surface area contributed by atoms with Crippen LogP contribution in [0.4, 0.5) is 4.79 Å². The van der Waals surface area contributed by atoms with Crippen LogP contribution in [0.2, 0.25) is 0 Å². The molecule has 0 saturated carbocycles. The van der Waals surface area contributed by atoms with Gasteiger partial charge >= 0.3 is 6.09 Å². The van der Waals surface area contributed by atoms with E-state index < -0.39 is 5.60 Å². The van der Waals surface area contributed by atoms with Gasteiger partial charge in [0, 0.05) is 25.0 Å². The lowest BCUT2D eigenvalue weighted by molar-refractivity contribution is -0.121. The molecule has 1 aromatic carbocycles. The molecule has 1 aromatic rings. The van der Waals surface area contributed by atoms with Crippen molar-refractivity contribution in [2.75, 3.05) is 19.6 Å². The van der Waals surface area contributed by atoms with Crippen LogP contribution >= 0.6 is 0 Å². The molecule has 2 aliphatic heterocycles. The molecule has 0 radical (unpaired) electrons. The molecule has 24 heavy (non-hydrogen) atoms. The van der Waals surface area contributed by atoms with Crippen molar-refractivity contribution in [1.29, 1.82) is 0 Å². The molecule has 2 heterocycles. The van der Waals surface area contributed by atoms with Crippen molar-refractivity contribution in [3.8, 4) is 0 Å². The molecular formula is C19H26N2O3. The molecule has 1 N–H and O–H groups in total. The summed E-state index contributed by atoms with van der Waals surface area (Å²) in [5, 5.41) is 3.04. The number of amides is 2. The molecule has 2 aliphatic rings. The van der Waals surface area contributed by atoms with Gasteiger partial charge in [0.1, 0.15) is 5.60 Å². The van der Waals surface area contributed by atoms with E-state index in [4.69, 9.17) is 4.74 Å².